The second-order valence-electron chi connectivity index (χ2n) is 6.66. The zero-order valence-electron chi connectivity index (χ0n) is 14.8. The number of hydrogen-bond acceptors (Lipinski definition) is 5. The van der Waals surface area contributed by atoms with Crippen molar-refractivity contribution < 1.29 is 25.5 Å². The highest BCUT2D eigenvalue weighted by molar-refractivity contribution is 5.51. The molecule has 0 radical (unpaired) electrons. The Morgan fingerprint density at radius 1 is 0.481 bits per heavy atom. The van der Waals surface area contributed by atoms with E-state index in [2.05, 4.69) is 6.07 Å². The monoisotopic (exact) mass is 366 g/mol. The van der Waals surface area contributed by atoms with Crippen molar-refractivity contribution in [3.05, 3.63) is 76.9 Å². The molecule has 140 valence electrons. The summed E-state index contributed by atoms with van der Waals surface area (Å²) in [6.07, 6.45) is 2.82. The van der Waals surface area contributed by atoms with Crippen molar-refractivity contribution in [2.45, 2.75) is 25.7 Å². The summed E-state index contributed by atoms with van der Waals surface area (Å²) >= 11 is 0. The smallest absolute Gasteiger partial charge is 0.200 e. The molecule has 0 saturated heterocycles. The average Bonchev–Trinajstić information content (AvgIpc) is 2.62. The molecule has 3 aromatic carbocycles. The van der Waals surface area contributed by atoms with E-state index in [0.717, 1.165) is 35.1 Å². The Morgan fingerprint density at radius 3 is 1.44 bits per heavy atom. The van der Waals surface area contributed by atoms with Crippen molar-refractivity contribution in [2.75, 3.05) is 0 Å². The standard InChI is InChI=1S/C22H22O5/c23-18-9-16(10-19(24)13-18)6-4-14-2-1-3-15(8-14)5-7-17-11-20(25)22(27)21(26)12-17/h1-3,8-13,23-27H,4-7H2. The summed E-state index contributed by atoms with van der Waals surface area (Å²) in [6, 6.07) is 15.6. The maximum absolute atomic E-state index is 9.59. The van der Waals surface area contributed by atoms with E-state index in [1.807, 2.05) is 18.2 Å². The first kappa shape index (κ1) is 18.5. The third kappa shape index (κ3) is 4.85. The minimum atomic E-state index is -0.501. The van der Waals surface area contributed by atoms with Gasteiger partial charge in [0.15, 0.2) is 17.2 Å². The van der Waals surface area contributed by atoms with Crippen molar-refractivity contribution in [2.24, 2.45) is 0 Å². The predicted molar refractivity (Wildman–Crippen MR) is 102 cm³/mol. The van der Waals surface area contributed by atoms with E-state index in [1.54, 1.807) is 12.1 Å². The molecule has 0 bridgehead atoms. The molecule has 0 amide bonds. The van der Waals surface area contributed by atoms with Crippen molar-refractivity contribution in [3.8, 4) is 28.7 Å². The Balaban J connectivity index is 1.63. The number of benzene rings is 3. The first-order valence-corrected chi connectivity index (χ1v) is 8.74. The van der Waals surface area contributed by atoms with Gasteiger partial charge >= 0.3 is 0 Å². The number of phenols is 5. The van der Waals surface area contributed by atoms with E-state index in [9.17, 15) is 25.5 Å². The van der Waals surface area contributed by atoms with Crippen molar-refractivity contribution in [1.29, 1.82) is 0 Å². The van der Waals surface area contributed by atoms with Crippen LogP contribution in [0, 0.1) is 0 Å². The second kappa shape index (κ2) is 7.91. The largest absolute Gasteiger partial charge is 0.508 e. The summed E-state index contributed by atoms with van der Waals surface area (Å²) in [5, 5.41) is 47.7. The van der Waals surface area contributed by atoms with Gasteiger partial charge in [-0.15, -0.1) is 0 Å². The van der Waals surface area contributed by atoms with Crippen molar-refractivity contribution >= 4 is 0 Å². The molecule has 0 fully saturated rings. The fourth-order valence-corrected chi connectivity index (χ4v) is 3.12. The lowest BCUT2D eigenvalue weighted by molar-refractivity contribution is 0.367. The molecule has 0 aliphatic heterocycles. The lowest BCUT2D eigenvalue weighted by Crippen LogP contribution is -1.95. The average molecular weight is 366 g/mol. The Bertz CT molecular complexity index is 906. The number of hydrogen-bond donors (Lipinski definition) is 5. The maximum atomic E-state index is 9.59. The van der Waals surface area contributed by atoms with Crippen LogP contribution >= 0.6 is 0 Å². The molecular weight excluding hydrogens is 344 g/mol. The van der Waals surface area contributed by atoms with E-state index in [1.165, 1.54) is 18.2 Å². The molecule has 3 rings (SSSR count). The molecule has 3 aromatic rings. The third-order valence-corrected chi connectivity index (χ3v) is 4.49. The van der Waals surface area contributed by atoms with Crippen LogP contribution < -0.4 is 0 Å². The Morgan fingerprint density at radius 2 is 0.926 bits per heavy atom. The predicted octanol–water partition coefficient (Wildman–Crippen LogP) is 3.79. The zero-order valence-corrected chi connectivity index (χ0v) is 14.8. The van der Waals surface area contributed by atoms with E-state index in [0.29, 0.717) is 12.8 Å². The Kier molecular flexibility index (Phi) is 5.41. The fraction of sp³-hybridized carbons (Fsp3) is 0.182. The quantitative estimate of drug-likeness (QED) is 0.427. The molecule has 0 saturated carbocycles. The molecule has 0 aliphatic rings. The van der Waals surface area contributed by atoms with Gasteiger partial charge in [-0.25, -0.2) is 0 Å². The van der Waals surface area contributed by atoms with Gasteiger partial charge in [0.1, 0.15) is 11.5 Å². The molecule has 5 N–H and O–H groups in total. The van der Waals surface area contributed by atoms with E-state index in [4.69, 9.17) is 0 Å². The highest BCUT2D eigenvalue weighted by atomic mass is 16.3. The van der Waals surface area contributed by atoms with Crippen LogP contribution in [0.25, 0.3) is 0 Å². The number of rotatable bonds is 6. The summed E-state index contributed by atoms with van der Waals surface area (Å²) in [5.74, 6) is -1.04. The normalized spacial score (nSPS) is 10.8. The van der Waals surface area contributed by atoms with Gasteiger partial charge in [0.2, 0.25) is 0 Å². The van der Waals surface area contributed by atoms with Crippen LogP contribution in [-0.2, 0) is 25.7 Å². The molecule has 0 spiro atoms. The van der Waals surface area contributed by atoms with E-state index in [-0.39, 0.29) is 23.0 Å². The summed E-state index contributed by atoms with van der Waals surface area (Å²) in [4.78, 5) is 0. The fourth-order valence-electron chi connectivity index (χ4n) is 3.12. The van der Waals surface area contributed by atoms with Gasteiger partial charge in [-0.2, -0.15) is 0 Å². The van der Waals surface area contributed by atoms with Gasteiger partial charge in [0.05, 0.1) is 0 Å². The van der Waals surface area contributed by atoms with Crippen LogP contribution in [0.15, 0.2) is 54.6 Å². The minimum Gasteiger partial charge on any atom is -0.508 e. The molecule has 0 heterocycles. The Labute approximate surface area is 157 Å². The highest BCUT2D eigenvalue weighted by Gasteiger charge is 2.08. The van der Waals surface area contributed by atoms with Gasteiger partial charge in [0, 0.05) is 6.07 Å². The number of aryl methyl sites for hydroxylation is 4. The molecule has 5 heteroatoms. The van der Waals surface area contributed by atoms with Crippen LogP contribution in [0.1, 0.15) is 22.3 Å². The second-order valence-corrected chi connectivity index (χ2v) is 6.66. The number of phenolic OH excluding ortho intramolecular Hbond substituents is 5. The minimum absolute atomic E-state index is 0.0548. The van der Waals surface area contributed by atoms with Crippen LogP contribution in [-0.4, -0.2) is 25.5 Å². The summed E-state index contributed by atoms with van der Waals surface area (Å²) in [5.41, 5.74) is 3.88. The summed E-state index contributed by atoms with van der Waals surface area (Å²) in [6.45, 7) is 0. The first-order valence-electron chi connectivity index (χ1n) is 8.74. The third-order valence-electron chi connectivity index (χ3n) is 4.49. The molecule has 0 aromatic heterocycles. The summed E-state index contributed by atoms with van der Waals surface area (Å²) in [7, 11) is 0. The van der Waals surface area contributed by atoms with Gasteiger partial charge < -0.3 is 25.5 Å². The van der Waals surface area contributed by atoms with Crippen molar-refractivity contribution in [3.63, 3.8) is 0 Å². The molecular formula is C22H22O5. The lowest BCUT2D eigenvalue weighted by Gasteiger charge is -2.08. The molecule has 0 unspecified atom stereocenters. The molecule has 0 atom stereocenters. The molecule has 0 aliphatic carbocycles. The van der Waals surface area contributed by atoms with Gasteiger partial charge in [-0.3, -0.25) is 0 Å². The number of aromatic hydroxyl groups is 5. The van der Waals surface area contributed by atoms with Crippen LogP contribution in [0.4, 0.5) is 0 Å². The highest BCUT2D eigenvalue weighted by Crippen LogP contribution is 2.35. The van der Waals surface area contributed by atoms with Crippen LogP contribution in [0.3, 0.4) is 0 Å². The van der Waals surface area contributed by atoms with E-state index < -0.39 is 5.75 Å². The van der Waals surface area contributed by atoms with Gasteiger partial charge in [-0.05, 0) is 72.2 Å². The van der Waals surface area contributed by atoms with E-state index >= 15 is 0 Å². The first-order chi connectivity index (χ1) is 12.9. The maximum Gasteiger partial charge on any atom is 0.200 e. The van der Waals surface area contributed by atoms with Crippen LogP contribution in [0.2, 0.25) is 0 Å². The summed E-state index contributed by atoms with van der Waals surface area (Å²) < 4.78 is 0. The molecule has 27 heavy (non-hydrogen) atoms. The van der Waals surface area contributed by atoms with Gasteiger partial charge in [-0.1, -0.05) is 24.3 Å². The Hall–Kier alpha value is -3.34. The van der Waals surface area contributed by atoms with Crippen molar-refractivity contribution in [1.82, 2.24) is 0 Å². The van der Waals surface area contributed by atoms with Crippen LogP contribution in [0.5, 0.6) is 28.7 Å². The van der Waals surface area contributed by atoms with Gasteiger partial charge in [0.25, 0.3) is 0 Å². The zero-order chi connectivity index (χ0) is 19.4. The lowest BCUT2D eigenvalue weighted by atomic mass is 9.99. The topological polar surface area (TPSA) is 101 Å². The SMILES string of the molecule is Oc1cc(O)cc(CCc2cccc(CCc3cc(O)c(O)c(O)c3)c2)c1. The molecule has 5 nitrogen and oxygen atoms in total.